The fraction of sp³-hybridized carbons (Fsp3) is 0.900. The molecule has 76 valence electrons. The predicted molar refractivity (Wildman–Crippen MR) is 51.1 cm³/mol. The van der Waals surface area contributed by atoms with Gasteiger partial charge in [-0.25, -0.2) is 0 Å². The molecule has 0 aromatic rings. The molecule has 0 heterocycles. The molecule has 0 aromatic carbocycles. The minimum atomic E-state index is -0.337. The monoisotopic (exact) mass is 185 g/mol. The van der Waals surface area contributed by atoms with Gasteiger partial charge in [-0.2, -0.15) is 0 Å². The minimum Gasteiger partial charge on any atom is -0.466 e. The number of carbonyl (C=O) groups excluding carboxylic acids is 1. The SMILES string of the molecule is CCOC(=O)C1(CN)CC(CC)C1. The largest absolute Gasteiger partial charge is 0.466 e. The Balaban J connectivity index is 2.49. The zero-order chi connectivity index (χ0) is 9.90. The summed E-state index contributed by atoms with van der Waals surface area (Å²) in [5.74, 6) is 0.579. The predicted octanol–water partition coefficient (Wildman–Crippen LogP) is 1.31. The normalized spacial score (nSPS) is 32.4. The highest BCUT2D eigenvalue weighted by Gasteiger charge is 2.49. The Morgan fingerprint density at radius 2 is 2.15 bits per heavy atom. The van der Waals surface area contributed by atoms with Gasteiger partial charge >= 0.3 is 5.97 Å². The maximum Gasteiger partial charge on any atom is 0.313 e. The van der Waals surface area contributed by atoms with Crippen LogP contribution >= 0.6 is 0 Å². The van der Waals surface area contributed by atoms with Crippen LogP contribution in [-0.2, 0) is 9.53 Å². The first-order valence-corrected chi connectivity index (χ1v) is 5.05. The molecule has 0 aromatic heterocycles. The smallest absolute Gasteiger partial charge is 0.313 e. The van der Waals surface area contributed by atoms with Crippen molar-refractivity contribution in [2.45, 2.75) is 33.1 Å². The van der Waals surface area contributed by atoms with Crippen LogP contribution in [0.2, 0.25) is 0 Å². The van der Waals surface area contributed by atoms with Crippen LogP contribution in [0.4, 0.5) is 0 Å². The average Bonchev–Trinajstić information content (AvgIpc) is 2.04. The van der Waals surface area contributed by atoms with E-state index in [9.17, 15) is 4.79 Å². The third-order valence-corrected chi connectivity index (χ3v) is 3.04. The lowest BCUT2D eigenvalue weighted by Crippen LogP contribution is -2.49. The molecule has 0 aliphatic heterocycles. The Hall–Kier alpha value is -0.570. The van der Waals surface area contributed by atoms with Crippen LogP contribution in [0, 0.1) is 11.3 Å². The number of nitrogens with two attached hydrogens (primary N) is 1. The van der Waals surface area contributed by atoms with Gasteiger partial charge in [-0.3, -0.25) is 4.79 Å². The van der Waals surface area contributed by atoms with E-state index in [4.69, 9.17) is 10.5 Å². The summed E-state index contributed by atoms with van der Waals surface area (Å²) < 4.78 is 5.01. The van der Waals surface area contributed by atoms with E-state index in [2.05, 4.69) is 6.92 Å². The zero-order valence-electron chi connectivity index (χ0n) is 8.51. The summed E-state index contributed by atoms with van der Waals surface area (Å²) in [4.78, 5) is 11.5. The molecule has 0 radical (unpaired) electrons. The molecule has 0 bridgehead atoms. The molecule has 13 heavy (non-hydrogen) atoms. The van der Waals surface area contributed by atoms with Gasteiger partial charge in [0.05, 0.1) is 12.0 Å². The number of ether oxygens (including phenoxy) is 1. The van der Waals surface area contributed by atoms with Crippen molar-refractivity contribution >= 4 is 5.97 Å². The van der Waals surface area contributed by atoms with Crippen LogP contribution in [0.15, 0.2) is 0 Å². The summed E-state index contributed by atoms with van der Waals surface area (Å²) in [6, 6.07) is 0. The highest BCUT2D eigenvalue weighted by Crippen LogP contribution is 2.47. The summed E-state index contributed by atoms with van der Waals surface area (Å²) >= 11 is 0. The van der Waals surface area contributed by atoms with Crippen molar-refractivity contribution in [1.29, 1.82) is 0 Å². The second-order valence-electron chi connectivity index (χ2n) is 3.89. The summed E-state index contributed by atoms with van der Waals surface area (Å²) in [7, 11) is 0. The van der Waals surface area contributed by atoms with Crippen LogP contribution in [0.25, 0.3) is 0 Å². The molecular weight excluding hydrogens is 166 g/mol. The molecule has 1 fully saturated rings. The molecular formula is C10H19NO2. The third kappa shape index (κ3) is 1.85. The van der Waals surface area contributed by atoms with Crippen LogP contribution < -0.4 is 5.73 Å². The van der Waals surface area contributed by atoms with Gasteiger partial charge in [0.25, 0.3) is 0 Å². The van der Waals surface area contributed by atoms with E-state index in [1.165, 1.54) is 0 Å². The lowest BCUT2D eigenvalue weighted by Gasteiger charge is -2.44. The summed E-state index contributed by atoms with van der Waals surface area (Å²) in [6.45, 7) is 4.87. The van der Waals surface area contributed by atoms with E-state index in [-0.39, 0.29) is 11.4 Å². The van der Waals surface area contributed by atoms with Crippen molar-refractivity contribution in [3.63, 3.8) is 0 Å². The molecule has 0 unspecified atom stereocenters. The van der Waals surface area contributed by atoms with Crippen molar-refractivity contribution in [1.82, 2.24) is 0 Å². The van der Waals surface area contributed by atoms with Crippen LogP contribution in [0.1, 0.15) is 33.1 Å². The lowest BCUT2D eigenvalue weighted by molar-refractivity contribution is -0.163. The summed E-state index contributed by atoms with van der Waals surface area (Å²) in [5, 5.41) is 0. The van der Waals surface area contributed by atoms with E-state index in [0.29, 0.717) is 19.1 Å². The van der Waals surface area contributed by atoms with Crippen molar-refractivity contribution < 1.29 is 9.53 Å². The van der Waals surface area contributed by atoms with Crippen LogP contribution in [0.5, 0.6) is 0 Å². The Bertz CT molecular complexity index is 185. The highest BCUT2D eigenvalue weighted by atomic mass is 16.5. The van der Waals surface area contributed by atoms with E-state index in [0.717, 1.165) is 19.3 Å². The Labute approximate surface area is 79.6 Å². The molecule has 3 nitrogen and oxygen atoms in total. The molecule has 1 aliphatic rings. The van der Waals surface area contributed by atoms with Gasteiger partial charge in [-0.05, 0) is 25.7 Å². The van der Waals surface area contributed by atoms with E-state index >= 15 is 0 Å². The quantitative estimate of drug-likeness (QED) is 0.672. The first-order valence-electron chi connectivity index (χ1n) is 5.05. The summed E-state index contributed by atoms with van der Waals surface area (Å²) in [5.41, 5.74) is 5.28. The molecule has 1 rings (SSSR count). The lowest BCUT2D eigenvalue weighted by atomic mass is 9.61. The molecule has 0 spiro atoms. The maximum atomic E-state index is 11.5. The van der Waals surface area contributed by atoms with Gasteiger partial charge in [0.1, 0.15) is 0 Å². The molecule has 0 atom stereocenters. The van der Waals surface area contributed by atoms with Crippen molar-refractivity contribution in [2.24, 2.45) is 17.1 Å². The second kappa shape index (κ2) is 4.09. The fourth-order valence-electron chi connectivity index (χ4n) is 2.03. The highest BCUT2D eigenvalue weighted by molar-refractivity contribution is 5.78. The van der Waals surface area contributed by atoms with Crippen molar-refractivity contribution in [2.75, 3.05) is 13.2 Å². The fourth-order valence-corrected chi connectivity index (χ4v) is 2.03. The number of esters is 1. The van der Waals surface area contributed by atoms with E-state index < -0.39 is 0 Å². The first kappa shape index (κ1) is 10.5. The van der Waals surface area contributed by atoms with Crippen molar-refractivity contribution in [3.8, 4) is 0 Å². The Morgan fingerprint density at radius 3 is 2.54 bits per heavy atom. The molecule has 1 aliphatic carbocycles. The molecule has 1 saturated carbocycles. The molecule has 0 saturated heterocycles. The van der Waals surface area contributed by atoms with E-state index in [1.54, 1.807) is 0 Å². The van der Waals surface area contributed by atoms with Gasteiger partial charge in [-0.1, -0.05) is 13.3 Å². The van der Waals surface area contributed by atoms with Gasteiger partial charge in [0.15, 0.2) is 0 Å². The van der Waals surface area contributed by atoms with E-state index in [1.807, 2.05) is 6.92 Å². The van der Waals surface area contributed by atoms with Crippen molar-refractivity contribution in [3.05, 3.63) is 0 Å². The first-order chi connectivity index (χ1) is 6.18. The molecule has 0 amide bonds. The minimum absolute atomic E-state index is 0.0952. The Kier molecular flexibility index (Phi) is 3.31. The molecule has 3 heteroatoms. The number of hydrogen-bond acceptors (Lipinski definition) is 3. The third-order valence-electron chi connectivity index (χ3n) is 3.04. The molecule has 2 N–H and O–H groups in total. The maximum absolute atomic E-state index is 11.5. The Morgan fingerprint density at radius 1 is 1.54 bits per heavy atom. The standard InChI is InChI=1S/C10H19NO2/c1-3-8-5-10(6-8,7-11)9(12)13-4-2/h8H,3-7,11H2,1-2H3. The van der Waals surface area contributed by atoms with Gasteiger partial charge in [0.2, 0.25) is 0 Å². The number of rotatable bonds is 4. The number of hydrogen-bond donors (Lipinski definition) is 1. The topological polar surface area (TPSA) is 52.3 Å². The zero-order valence-corrected chi connectivity index (χ0v) is 8.51. The average molecular weight is 185 g/mol. The van der Waals surface area contributed by atoms with Gasteiger partial charge in [0, 0.05) is 6.54 Å². The van der Waals surface area contributed by atoms with Crippen LogP contribution in [0.3, 0.4) is 0 Å². The number of carbonyl (C=O) groups is 1. The van der Waals surface area contributed by atoms with Crippen LogP contribution in [-0.4, -0.2) is 19.1 Å². The van der Waals surface area contributed by atoms with Gasteiger partial charge < -0.3 is 10.5 Å². The summed E-state index contributed by atoms with van der Waals surface area (Å²) in [6.07, 6.45) is 2.97. The van der Waals surface area contributed by atoms with Gasteiger partial charge in [-0.15, -0.1) is 0 Å². The second-order valence-corrected chi connectivity index (χ2v) is 3.89.